The van der Waals surface area contributed by atoms with Crippen LogP contribution in [-0.4, -0.2) is 29.3 Å². The standard InChI is InChI=1S/C15H19NO2/c1-10-3-2-4-11(7-10)8-15-16-13-9-12(17)5-6-14(13)18-15/h2-4,7,12-14,17H,5-6,8-9H2,1H3. The highest BCUT2D eigenvalue weighted by Crippen LogP contribution is 2.29. The number of nitrogens with zero attached hydrogens (tertiary/aromatic N) is 1. The third-order valence-electron chi connectivity index (χ3n) is 3.76. The van der Waals surface area contributed by atoms with Crippen LogP contribution < -0.4 is 0 Å². The molecule has 0 saturated heterocycles. The largest absolute Gasteiger partial charge is 0.475 e. The van der Waals surface area contributed by atoms with Crippen LogP contribution >= 0.6 is 0 Å². The highest BCUT2D eigenvalue weighted by atomic mass is 16.5. The van der Waals surface area contributed by atoms with Gasteiger partial charge in [-0.05, 0) is 31.7 Å². The molecule has 0 amide bonds. The second-order valence-electron chi connectivity index (χ2n) is 5.38. The summed E-state index contributed by atoms with van der Waals surface area (Å²) in [5, 5.41) is 9.64. The molecule has 1 heterocycles. The first-order valence-corrected chi connectivity index (χ1v) is 6.67. The SMILES string of the molecule is Cc1cccc(CC2=NC3CC(O)CCC3O2)c1. The fraction of sp³-hybridized carbons (Fsp3) is 0.533. The summed E-state index contributed by atoms with van der Waals surface area (Å²) in [6, 6.07) is 8.61. The molecule has 96 valence electrons. The third kappa shape index (κ3) is 2.41. The van der Waals surface area contributed by atoms with Crippen LogP contribution in [0.15, 0.2) is 29.3 Å². The molecule has 0 spiro atoms. The van der Waals surface area contributed by atoms with Gasteiger partial charge in [-0.1, -0.05) is 29.8 Å². The maximum absolute atomic E-state index is 9.64. The molecular weight excluding hydrogens is 226 g/mol. The molecular formula is C15H19NO2. The second kappa shape index (κ2) is 4.73. The number of hydrogen-bond donors (Lipinski definition) is 1. The summed E-state index contributed by atoms with van der Waals surface area (Å²) in [6.45, 7) is 2.09. The number of aliphatic hydroxyl groups excluding tert-OH is 1. The van der Waals surface area contributed by atoms with Gasteiger partial charge in [0.25, 0.3) is 0 Å². The van der Waals surface area contributed by atoms with Gasteiger partial charge in [0.05, 0.1) is 12.1 Å². The molecule has 1 aromatic rings. The Hall–Kier alpha value is -1.35. The van der Waals surface area contributed by atoms with Crippen LogP contribution in [-0.2, 0) is 11.2 Å². The van der Waals surface area contributed by atoms with Gasteiger partial charge in [-0.3, -0.25) is 0 Å². The van der Waals surface area contributed by atoms with Crippen molar-refractivity contribution in [3.8, 4) is 0 Å². The molecule has 1 aromatic carbocycles. The molecule has 3 unspecified atom stereocenters. The summed E-state index contributed by atoms with van der Waals surface area (Å²) in [5.41, 5.74) is 2.51. The summed E-state index contributed by atoms with van der Waals surface area (Å²) in [7, 11) is 0. The smallest absolute Gasteiger partial charge is 0.188 e. The first-order valence-electron chi connectivity index (χ1n) is 6.67. The van der Waals surface area contributed by atoms with E-state index in [1.54, 1.807) is 0 Å². The van der Waals surface area contributed by atoms with E-state index in [-0.39, 0.29) is 18.2 Å². The van der Waals surface area contributed by atoms with Gasteiger partial charge in [0.15, 0.2) is 5.90 Å². The lowest BCUT2D eigenvalue weighted by atomic mass is 9.91. The lowest BCUT2D eigenvalue weighted by molar-refractivity contribution is 0.0616. The predicted molar refractivity (Wildman–Crippen MR) is 70.8 cm³/mol. The Balaban J connectivity index is 1.69. The number of fused-ring (bicyclic) bond motifs is 1. The highest BCUT2D eigenvalue weighted by Gasteiger charge is 2.36. The van der Waals surface area contributed by atoms with Gasteiger partial charge in [-0.2, -0.15) is 0 Å². The molecule has 3 heteroatoms. The zero-order valence-electron chi connectivity index (χ0n) is 10.7. The fourth-order valence-corrected chi connectivity index (χ4v) is 2.84. The monoisotopic (exact) mass is 245 g/mol. The van der Waals surface area contributed by atoms with Crippen LogP contribution in [0.4, 0.5) is 0 Å². The Bertz CT molecular complexity index is 469. The van der Waals surface area contributed by atoms with Crippen molar-refractivity contribution < 1.29 is 9.84 Å². The highest BCUT2D eigenvalue weighted by molar-refractivity contribution is 5.80. The molecule has 1 saturated carbocycles. The Kier molecular flexibility index (Phi) is 3.08. The Labute approximate surface area is 108 Å². The van der Waals surface area contributed by atoms with Crippen molar-refractivity contribution >= 4 is 5.90 Å². The number of aliphatic imine (C=N–C) groups is 1. The zero-order chi connectivity index (χ0) is 12.5. The van der Waals surface area contributed by atoms with Crippen molar-refractivity contribution in [2.75, 3.05) is 0 Å². The Morgan fingerprint density at radius 2 is 2.28 bits per heavy atom. The second-order valence-corrected chi connectivity index (χ2v) is 5.38. The molecule has 0 bridgehead atoms. The van der Waals surface area contributed by atoms with E-state index in [2.05, 4.69) is 36.2 Å². The van der Waals surface area contributed by atoms with Crippen LogP contribution in [0.1, 0.15) is 30.4 Å². The lowest BCUT2D eigenvalue weighted by Gasteiger charge is -2.26. The fourth-order valence-electron chi connectivity index (χ4n) is 2.84. The van der Waals surface area contributed by atoms with E-state index >= 15 is 0 Å². The van der Waals surface area contributed by atoms with Crippen molar-refractivity contribution in [2.24, 2.45) is 4.99 Å². The van der Waals surface area contributed by atoms with E-state index in [9.17, 15) is 5.11 Å². The van der Waals surface area contributed by atoms with Gasteiger partial charge in [-0.25, -0.2) is 4.99 Å². The molecule has 1 aliphatic carbocycles. The molecule has 3 atom stereocenters. The van der Waals surface area contributed by atoms with E-state index in [0.29, 0.717) is 0 Å². The zero-order valence-corrected chi connectivity index (χ0v) is 10.7. The Morgan fingerprint density at radius 1 is 1.39 bits per heavy atom. The predicted octanol–water partition coefficient (Wildman–Crippen LogP) is 2.25. The molecule has 0 aromatic heterocycles. The van der Waals surface area contributed by atoms with Crippen molar-refractivity contribution in [1.82, 2.24) is 0 Å². The quantitative estimate of drug-likeness (QED) is 0.868. The minimum Gasteiger partial charge on any atom is -0.475 e. The van der Waals surface area contributed by atoms with Crippen LogP contribution in [0, 0.1) is 6.92 Å². The van der Waals surface area contributed by atoms with Gasteiger partial charge >= 0.3 is 0 Å². The van der Waals surface area contributed by atoms with E-state index in [1.165, 1.54) is 11.1 Å². The van der Waals surface area contributed by atoms with Crippen molar-refractivity contribution in [1.29, 1.82) is 0 Å². The molecule has 18 heavy (non-hydrogen) atoms. The third-order valence-corrected chi connectivity index (χ3v) is 3.76. The minimum absolute atomic E-state index is 0.175. The van der Waals surface area contributed by atoms with Crippen molar-refractivity contribution in [2.45, 2.75) is 50.9 Å². The number of benzene rings is 1. The van der Waals surface area contributed by atoms with Crippen molar-refractivity contribution in [3.05, 3.63) is 35.4 Å². The average molecular weight is 245 g/mol. The lowest BCUT2D eigenvalue weighted by Crippen LogP contribution is -2.33. The number of rotatable bonds is 2. The van der Waals surface area contributed by atoms with Gasteiger partial charge in [0.2, 0.25) is 0 Å². The van der Waals surface area contributed by atoms with E-state index in [0.717, 1.165) is 31.6 Å². The average Bonchev–Trinajstić information content (AvgIpc) is 2.70. The normalized spacial score (nSPS) is 30.6. The minimum atomic E-state index is -0.197. The van der Waals surface area contributed by atoms with Crippen LogP contribution in [0.5, 0.6) is 0 Å². The van der Waals surface area contributed by atoms with E-state index in [4.69, 9.17) is 4.74 Å². The number of aliphatic hydroxyl groups is 1. The van der Waals surface area contributed by atoms with Gasteiger partial charge in [0.1, 0.15) is 6.10 Å². The van der Waals surface area contributed by atoms with E-state index < -0.39 is 0 Å². The summed E-state index contributed by atoms with van der Waals surface area (Å²) in [6.07, 6.45) is 3.29. The molecule has 3 rings (SSSR count). The van der Waals surface area contributed by atoms with Gasteiger partial charge < -0.3 is 9.84 Å². The van der Waals surface area contributed by atoms with Crippen molar-refractivity contribution in [3.63, 3.8) is 0 Å². The van der Waals surface area contributed by atoms with Crippen LogP contribution in [0.3, 0.4) is 0 Å². The van der Waals surface area contributed by atoms with Gasteiger partial charge in [-0.15, -0.1) is 0 Å². The van der Waals surface area contributed by atoms with E-state index in [1.807, 2.05) is 0 Å². The molecule has 3 nitrogen and oxygen atoms in total. The maximum atomic E-state index is 9.64. The molecule has 1 fully saturated rings. The van der Waals surface area contributed by atoms with Crippen LogP contribution in [0.25, 0.3) is 0 Å². The number of aryl methyl sites for hydroxylation is 1. The number of hydrogen-bond acceptors (Lipinski definition) is 3. The summed E-state index contributed by atoms with van der Waals surface area (Å²) in [5.74, 6) is 0.838. The summed E-state index contributed by atoms with van der Waals surface area (Å²) >= 11 is 0. The molecule has 1 aliphatic heterocycles. The number of ether oxygens (including phenoxy) is 1. The maximum Gasteiger partial charge on any atom is 0.188 e. The molecule has 0 radical (unpaired) electrons. The molecule has 1 N–H and O–H groups in total. The topological polar surface area (TPSA) is 41.8 Å². The first kappa shape index (κ1) is 11.7. The first-order chi connectivity index (χ1) is 8.70. The Morgan fingerprint density at radius 3 is 3.11 bits per heavy atom. The summed E-state index contributed by atoms with van der Waals surface area (Å²) < 4.78 is 5.90. The van der Waals surface area contributed by atoms with Gasteiger partial charge in [0, 0.05) is 6.42 Å². The summed E-state index contributed by atoms with van der Waals surface area (Å²) in [4.78, 5) is 4.62. The molecule has 2 aliphatic rings. The van der Waals surface area contributed by atoms with Crippen LogP contribution in [0.2, 0.25) is 0 Å².